The smallest absolute Gasteiger partial charge is 0.0361 e. The highest BCUT2D eigenvalue weighted by molar-refractivity contribution is 5.82. The van der Waals surface area contributed by atoms with Crippen LogP contribution in [0.3, 0.4) is 0 Å². The van der Waals surface area contributed by atoms with Crippen LogP contribution in [0, 0.1) is 6.92 Å². The molecule has 0 saturated heterocycles. The zero-order valence-corrected chi connectivity index (χ0v) is 17.2. The third kappa shape index (κ3) is 3.23. The molecule has 0 bridgehead atoms. The van der Waals surface area contributed by atoms with Gasteiger partial charge in [-0.15, -0.1) is 0 Å². The highest BCUT2D eigenvalue weighted by atomic mass is 15.1. The number of hydrogen-bond donors (Lipinski definition) is 0. The van der Waals surface area contributed by atoms with Crippen LogP contribution in [0.15, 0.2) is 84.9 Å². The minimum absolute atomic E-state index is 1.01. The van der Waals surface area contributed by atoms with Crippen molar-refractivity contribution in [3.05, 3.63) is 102 Å². The van der Waals surface area contributed by atoms with Crippen molar-refractivity contribution >= 4 is 5.69 Å². The van der Waals surface area contributed by atoms with Gasteiger partial charge < -0.3 is 4.90 Å². The average Bonchev–Trinajstić information content (AvgIpc) is 3.11. The number of nitrogens with zero attached hydrogens (tertiary/aromatic N) is 1. The average molecular weight is 376 g/mol. The summed E-state index contributed by atoms with van der Waals surface area (Å²) in [6.07, 6.45) is 1.01. The first kappa shape index (κ1) is 17.8. The van der Waals surface area contributed by atoms with Crippen LogP contribution >= 0.6 is 0 Å². The minimum Gasteiger partial charge on any atom is -0.378 e. The molecule has 0 spiro atoms. The molecular weight excluding hydrogens is 350 g/mol. The van der Waals surface area contributed by atoms with Gasteiger partial charge in [0.1, 0.15) is 0 Å². The van der Waals surface area contributed by atoms with Gasteiger partial charge in [0.15, 0.2) is 0 Å². The zero-order chi connectivity index (χ0) is 20.0. The number of fused-ring (bicyclic) bond motifs is 3. The van der Waals surface area contributed by atoms with Gasteiger partial charge >= 0.3 is 0 Å². The molecule has 29 heavy (non-hydrogen) atoms. The fraction of sp³-hybridized carbons (Fsp3) is 0.143. The molecule has 0 N–H and O–H groups in total. The second-order valence-corrected chi connectivity index (χ2v) is 8.23. The first-order valence-corrected chi connectivity index (χ1v) is 10.2. The molecule has 0 aromatic heterocycles. The van der Waals surface area contributed by atoms with Gasteiger partial charge in [-0.1, -0.05) is 78.4 Å². The van der Waals surface area contributed by atoms with E-state index in [1.807, 2.05) is 0 Å². The van der Waals surface area contributed by atoms with Crippen molar-refractivity contribution in [2.75, 3.05) is 19.0 Å². The second-order valence-electron chi connectivity index (χ2n) is 8.23. The van der Waals surface area contributed by atoms with Crippen molar-refractivity contribution < 1.29 is 0 Å². The van der Waals surface area contributed by atoms with Gasteiger partial charge in [0.25, 0.3) is 0 Å². The van der Waals surface area contributed by atoms with E-state index in [9.17, 15) is 0 Å². The predicted molar refractivity (Wildman–Crippen MR) is 125 cm³/mol. The van der Waals surface area contributed by atoms with Crippen LogP contribution in [0.25, 0.3) is 33.4 Å². The Morgan fingerprint density at radius 2 is 1.00 bits per heavy atom. The maximum atomic E-state index is 2.37. The van der Waals surface area contributed by atoms with Gasteiger partial charge in [-0.2, -0.15) is 0 Å². The Morgan fingerprint density at radius 1 is 0.552 bits per heavy atom. The molecule has 5 rings (SSSR count). The standard InChI is InChI=1S/C28H25N/c1-19-4-6-20(7-5-19)22-10-14-27-24(16-22)18-25-17-23(11-15-28(25)27)21-8-12-26(13-9-21)29(2)3/h4-17H,18H2,1-3H3. The lowest BCUT2D eigenvalue weighted by molar-refractivity contribution is 1.13. The van der Waals surface area contributed by atoms with E-state index in [4.69, 9.17) is 0 Å². The first-order valence-electron chi connectivity index (χ1n) is 10.2. The van der Waals surface area contributed by atoms with Crippen molar-refractivity contribution in [1.82, 2.24) is 0 Å². The summed E-state index contributed by atoms with van der Waals surface area (Å²) in [5.74, 6) is 0. The molecule has 0 saturated carbocycles. The maximum absolute atomic E-state index is 2.37. The third-order valence-electron chi connectivity index (χ3n) is 5.98. The molecule has 1 heteroatoms. The van der Waals surface area contributed by atoms with Gasteiger partial charge in [-0.3, -0.25) is 0 Å². The summed E-state index contributed by atoms with van der Waals surface area (Å²) in [5.41, 5.74) is 13.3. The van der Waals surface area contributed by atoms with E-state index in [2.05, 4.69) is 111 Å². The van der Waals surface area contributed by atoms with E-state index < -0.39 is 0 Å². The summed E-state index contributed by atoms with van der Waals surface area (Å²) in [5, 5.41) is 0. The largest absolute Gasteiger partial charge is 0.378 e. The van der Waals surface area contributed by atoms with E-state index in [0.717, 1.165) is 6.42 Å². The zero-order valence-electron chi connectivity index (χ0n) is 17.2. The van der Waals surface area contributed by atoms with E-state index in [0.29, 0.717) is 0 Å². The molecule has 1 nitrogen and oxygen atoms in total. The van der Waals surface area contributed by atoms with Crippen LogP contribution in [0.4, 0.5) is 5.69 Å². The molecule has 1 aliphatic rings. The minimum atomic E-state index is 1.01. The Kier molecular flexibility index (Phi) is 4.24. The summed E-state index contributed by atoms with van der Waals surface area (Å²) in [7, 11) is 4.15. The number of aryl methyl sites for hydroxylation is 1. The number of hydrogen-bond acceptors (Lipinski definition) is 1. The van der Waals surface area contributed by atoms with Crippen LogP contribution < -0.4 is 4.90 Å². The molecule has 4 aromatic carbocycles. The fourth-order valence-electron chi connectivity index (χ4n) is 4.27. The third-order valence-corrected chi connectivity index (χ3v) is 5.98. The molecule has 4 aromatic rings. The van der Waals surface area contributed by atoms with Crippen molar-refractivity contribution in [3.8, 4) is 33.4 Å². The van der Waals surface area contributed by atoms with Crippen molar-refractivity contribution in [2.24, 2.45) is 0 Å². The Labute approximate surface area is 173 Å². The van der Waals surface area contributed by atoms with Gasteiger partial charge in [-0.05, 0) is 70.0 Å². The lowest BCUT2D eigenvalue weighted by Crippen LogP contribution is -2.07. The van der Waals surface area contributed by atoms with Gasteiger partial charge in [-0.25, -0.2) is 0 Å². The summed E-state index contributed by atoms with van der Waals surface area (Å²) >= 11 is 0. The van der Waals surface area contributed by atoms with Gasteiger partial charge in [0.05, 0.1) is 0 Å². The molecule has 0 heterocycles. The van der Waals surface area contributed by atoms with Crippen LogP contribution in [0.2, 0.25) is 0 Å². The molecule has 0 aliphatic heterocycles. The molecule has 142 valence electrons. The quantitative estimate of drug-likeness (QED) is 0.329. The van der Waals surface area contributed by atoms with E-state index in [1.165, 1.54) is 55.8 Å². The molecular formula is C28H25N. The van der Waals surface area contributed by atoms with Gasteiger partial charge in [0.2, 0.25) is 0 Å². The van der Waals surface area contributed by atoms with Crippen LogP contribution in [0.1, 0.15) is 16.7 Å². The SMILES string of the molecule is Cc1ccc(-c2ccc3c(c2)Cc2cc(-c4ccc(N(C)C)cc4)ccc2-3)cc1. The molecule has 0 fully saturated rings. The monoisotopic (exact) mass is 375 g/mol. The van der Waals surface area contributed by atoms with Crippen molar-refractivity contribution in [1.29, 1.82) is 0 Å². The van der Waals surface area contributed by atoms with E-state index >= 15 is 0 Å². The second kappa shape index (κ2) is 6.93. The number of rotatable bonds is 3. The predicted octanol–water partition coefficient (Wildman–Crippen LogP) is 6.97. The Hall–Kier alpha value is -3.32. The molecule has 0 unspecified atom stereocenters. The van der Waals surface area contributed by atoms with Gasteiger partial charge in [0, 0.05) is 19.8 Å². The molecule has 0 radical (unpaired) electrons. The van der Waals surface area contributed by atoms with E-state index in [1.54, 1.807) is 0 Å². The van der Waals surface area contributed by atoms with E-state index in [-0.39, 0.29) is 0 Å². The number of anilines is 1. The van der Waals surface area contributed by atoms with Crippen LogP contribution in [0.5, 0.6) is 0 Å². The molecule has 1 aliphatic carbocycles. The topological polar surface area (TPSA) is 3.24 Å². The van der Waals surface area contributed by atoms with Crippen molar-refractivity contribution in [2.45, 2.75) is 13.3 Å². The molecule has 0 amide bonds. The summed E-state index contributed by atoms with van der Waals surface area (Å²) in [4.78, 5) is 2.13. The maximum Gasteiger partial charge on any atom is 0.0361 e. The Morgan fingerprint density at radius 3 is 1.48 bits per heavy atom. The molecule has 0 atom stereocenters. The normalized spacial score (nSPS) is 11.8. The Balaban J connectivity index is 1.47. The highest BCUT2D eigenvalue weighted by Crippen LogP contribution is 2.40. The summed E-state index contributed by atoms with van der Waals surface area (Å²) in [6.45, 7) is 2.13. The highest BCUT2D eigenvalue weighted by Gasteiger charge is 2.19. The first-order chi connectivity index (χ1) is 14.1. The lowest BCUT2D eigenvalue weighted by Gasteiger charge is -2.13. The lowest BCUT2D eigenvalue weighted by atomic mass is 9.98. The summed E-state index contributed by atoms with van der Waals surface area (Å²) < 4.78 is 0. The number of benzene rings is 4. The van der Waals surface area contributed by atoms with Crippen molar-refractivity contribution in [3.63, 3.8) is 0 Å². The van der Waals surface area contributed by atoms with Crippen LogP contribution in [-0.2, 0) is 6.42 Å². The van der Waals surface area contributed by atoms with Crippen LogP contribution in [-0.4, -0.2) is 14.1 Å². The Bertz CT molecular complexity index is 1180. The summed E-state index contributed by atoms with van der Waals surface area (Å²) in [6, 6.07) is 31.4. The fourth-order valence-corrected chi connectivity index (χ4v) is 4.27.